The van der Waals surface area contributed by atoms with Gasteiger partial charge < -0.3 is 10.1 Å². The zero-order chi connectivity index (χ0) is 26.4. The average Bonchev–Trinajstić information content (AvgIpc) is 2.92. The third-order valence-electron chi connectivity index (χ3n) is 6.16. The molecule has 4 aromatic rings. The Hall–Kier alpha value is -4.10. The first-order valence-electron chi connectivity index (χ1n) is 11.9. The number of rotatable bonds is 9. The maximum absolute atomic E-state index is 13.8. The van der Waals surface area contributed by atoms with Crippen LogP contribution < -0.4 is 14.4 Å². The molecule has 0 aliphatic carbocycles. The number of amides is 1. The van der Waals surface area contributed by atoms with Gasteiger partial charge in [-0.3, -0.25) is 9.10 Å². The Labute approximate surface area is 218 Å². The number of benzene rings is 4. The Morgan fingerprint density at radius 1 is 0.865 bits per heavy atom. The number of carbonyl (C=O) groups excluding carboxylic acids is 1. The third kappa shape index (κ3) is 5.84. The Morgan fingerprint density at radius 3 is 2.14 bits per heavy atom. The van der Waals surface area contributed by atoms with Crippen LogP contribution in [0, 0.1) is 13.8 Å². The molecule has 0 saturated heterocycles. The van der Waals surface area contributed by atoms with Crippen LogP contribution in [0.15, 0.2) is 108 Å². The number of anilines is 1. The van der Waals surface area contributed by atoms with Crippen LogP contribution in [0.2, 0.25) is 0 Å². The Kier molecular flexibility index (Phi) is 7.94. The molecule has 0 fully saturated rings. The lowest BCUT2D eigenvalue weighted by atomic mass is 9.95. The third-order valence-corrected chi connectivity index (χ3v) is 7.93. The predicted molar refractivity (Wildman–Crippen MR) is 146 cm³/mol. The number of hydrogen-bond acceptors (Lipinski definition) is 4. The highest BCUT2D eigenvalue weighted by atomic mass is 32.2. The number of sulfonamides is 1. The zero-order valence-corrected chi connectivity index (χ0v) is 21.9. The molecule has 1 amide bonds. The molecule has 0 radical (unpaired) electrons. The van der Waals surface area contributed by atoms with E-state index >= 15 is 0 Å². The van der Waals surface area contributed by atoms with Crippen LogP contribution in [0.25, 0.3) is 0 Å². The number of carbonyl (C=O) groups is 1. The largest absolute Gasteiger partial charge is 0.495 e. The summed E-state index contributed by atoms with van der Waals surface area (Å²) in [5.74, 6) is -0.0865. The van der Waals surface area contributed by atoms with Gasteiger partial charge in [0.05, 0.1) is 23.7 Å². The second kappa shape index (κ2) is 11.3. The molecule has 0 saturated carbocycles. The first kappa shape index (κ1) is 26.0. The summed E-state index contributed by atoms with van der Waals surface area (Å²) in [4.78, 5) is 13.7. The first-order chi connectivity index (χ1) is 17.8. The summed E-state index contributed by atoms with van der Waals surface area (Å²) >= 11 is 0. The number of ether oxygens (including phenoxy) is 1. The Bertz CT molecular complexity index is 1470. The maximum Gasteiger partial charge on any atom is 0.264 e. The average molecular weight is 515 g/mol. The highest BCUT2D eigenvalue weighted by molar-refractivity contribution is 7.92. The standard InChI is InChI=1S/C30H30N2O4S/c1-22-18-19-28(36-3)27(20-22)32(37(34,35)25-15-8-5-9-16-25)21-29(33)31-30(24-13-6-4-7-14-24)26-17-11-10-12-23(26)2/h4-20,30H,21H2,1-3H3,(H,31,33)/t30-/m0/s1. The minimum atomic E-state index is -4.08. The van der Waals surface area contributed by atoms with Crippen molar-refractivity contribution in [2.45, 2.75) is 24.8 Å². The smallest absolute Gasteiger partial charge is 0.264 e. The van der Waals surface area contributed by atoms with Crippen LogP contribution in [-0.2, 0) is 14.8 Å². The SMILES string of the molecule is COc1ccc(C)cc1N(CC(=O)N[C@@H](c1ccccc1)c1ccccc1C)S(=O)(=O)c1ccccc1. The van der Waals surface area contributed by atoms with E-state index in [0.717, 1.165) is 26.6 Å². The lowest BCUT2D eigenvalue weighted by Gasteiger charge is -2.28. The zero-order valence-electron chi connectivity index (χ0n) is 21.1. The molecular formula is C30H30N2O4S. The summed E-state index contributed by atoms with van der Waals surface area (Å²) < 4.78 is 34.2. The van der Waals surface area contributed by atoms with E-state index in [9.17, 15) is 13.2 Å². The van der Waals surface area contributed by atoms with Gasteiger partial charge in [0.15, 0.2) is 0 Å². The van der Waals surface area contributed by atoms with Crippen molar-refractivity contribution in [2.75, 3.05) is 18.0 Å². The molecule has 0 aliphatic rings. The fourth-order valence-electron chi connectivity index (χ4n) is 4.25. The Balaban J connectivity index is 1.75. The minimum absolute atomic E-state index is 0.0878. The normalized spacial score (nSPS) is 12.0. The van der Waals surface area contributed by atoms with Gasteiger partial charge in [-0.2, -0.15) is 0 Å². The fraction of sp³-hybridized carbons (Fsp3) is 0.167. The predicted octanol–water partition coefficient (Wildman–Crippen LogP) is 5.41. The van der Waals surface area contributed by atoms with Crippen LogP contribution in [0.5, 0.6) is 5.75 Å². The molecule has 0 unspecified atom stereocenters. The fourth-order valence-corrected chi connectivity index (χ4v) is 5.69. The second-order valence-corrected chi connectivity index (χ2v) is 10.6. The molecule has 4 rings (SSSR count). The molecule has 4 aromatic carbocycles. The molecule has 0 spiro atoms. The van der Waals surface area contributed by atoms with E-state index in [1.54, 1.807) is 30.3 Å². The number of hydrogen-bond donors (Lipinski definition) is 1. The van der Waals surface area contributed by atoms with E-state index in [0.29, 0.717) is 11.4 Å². The summed E-state index contributed by atoms with van der Waals surface area (Å²) in [5.41, 5.74) is 3.99. The maximum atomic E-state index is 13.8. The topological polar surface area (TPSA) is 75.7 Å². The van der Waals surface area contributed by atoms with Crippen molar-refractivity contribution in [1.29, 1.82) is 0 Å². The molecule has 0 aliphatic heterocycles. The summed E-state index contributed by atoms with van der Waals surface area (Å²) in [6, 6.07) is 30.3. The lowest BCUT2D eigenvalue weighted by molar-refractivity contribution is -0.120. The molecule has 1 N–H and O–H groups in total. The Morgan fingerprint density at radius 2 is 1.49 bits per heavy atom. The van der Waals surface area contributed by atoms with Crippen molar-refractivity contribution >= 4 is 21.6 Å². The molecule has 37 heavy (non-hydrogen) atoms. The molecular weight excluding hydrogens is 484 g/mol. The summed E-state index contributed by atoms with van der Waals surface area (Å²) in [6.07, 6.45) is 0. The van der Waals surface area contributed by atoms with Gasteiger partial charge in [0.2, 0.25) is 5.91 Å². The highest BCUT2D eigenvalue weighted by Crippen LogP contribution is 2.33. The number of nitrogens with zero attached hydrogens (tertiary/aromatic N) is 1. The van der Waals surface area contributed by atoms with Gasteiger partial charge >= 0.3 is 0 Å². The highest BCUT2D eigenvalue weighted by Gasteiger charge is 2.30. The van der Waals surface area contributed by atoms with Gasteiger partial charge in [-0.25, -0.2) is 8.42 Å². The quantitative estimate of drug-likeness (QED) is 0.324. The van der Waals surface area contributed by atoms with Crippen molar-refractivity contribution < 1.29 is 17.9 Å². The van der Waals surface area contributed by atoms with Crippen LogP contribution >= 0.6 is 0 Å². The minimum Gasteiger partial charge on any atom is -0.495 e. The van der Waals surface area contributed by atoms with Crippen LogP contribution in [-0.4, -0.2) is 28.0 Å². The van der Waals surface area contributed by atoms with Crippen LogP contribution in [0.3, 0.4) is 0 Å². The number of nitrogens with one attached hydrogen (secondary N) is 1. The van der Waals surface area contributed by atoms with E-state index in [1.165, 1.54) is 19.2 Å². The molecule has 0 heterocycles. The van der Waals surface area contributed by atoms with Crippen molar-refractivity contribution in [3.8, 4) is 5.75 Å². The van der Waals surface area contributed by atoms with Crippen LogP contribution in [0.4, 0.5) is 5.69 Å². The molecule has 6 nitrogen and oxygen atoms in total. The van der Waals surface area contributed by atoms with Crippen molar-refractivity contribution in [2.24, 2.45) is 0 Å². The van der Waals surface area contributed by atoms with E-state index in [-0.39, 0.29) is 4.90 Å². The van der Waals surface area contributed by atoms with E-state index in [1.807, 2.05) is 74.5 Å². The molecule has 190 valence electrons. The van der Waals surface area contributed by atoms with E-state index in [2.05, 4.69) is 5.32 Å². The molecule has 7 heteroatoms. The summed E-state index contributed by atoms with van der Waals surface area (Å²) in [6.45, 7) is 3.42. The van der Waals surface area contributed by atoms with Crippen molar-refractivity contribution in [3.63, 3.8) is 0 Å². The van der Waals surface area contributed by atoms with Gasteiger partial charge in [-0.1, -0.05) is 78.9 Å². The monoisotopic (exact) mass is 514 g/mol. The van der Waals surface area contributed by atoms with Gasteiger partial charge in [-0.05, 0) is 60.4 Å². The molecule has 0 aromatic heterocycles. The molecule has 0 bridgehead atoms. The lowest BCUT2D eigenvalue weighted by Crippen LogP contribution is -2.42. The van der Waals surface area contributed by atoms with Gasteiger partial charge in [0, 0.05) is 0 Å². The van der Waals surface area contributed by atoms with Gasteiger partial charge in [0.25, 0.3) is 10.0 Å². The summed E-state index contributed by atoms with van der Waals surface area (Å²) in [7, 11) is -2.60. The van der Waals surface area contributed by atoms with Crippen molar-refractivity contribution in [3.05, 3.63) is 125 Å². The van der Waals surface area contributed by atoms with Gasteiger partial charge in [0.1, 0.15) is 12.3 Å². The number of aryl methyl sites for hydroxylation is 2. The van der Waals surface area contributed by atoms with Crippen LogP contribution in [0.1, 0.15) is 28.3 Å². The summed E-state index contributed by atoms with van der Waals surface area (Å²) in [5, 5.41) is 3.08. The van der Waals surface area contributed by atoms with Crippen molar-refractivity contribution in [1.82, 2.24) is 5.32 Å². The first-order valence-corrected chi connectivity index (χ1v) is 13.4. The molecule has 1 atom stereocenters. The van der Waals surface area contributed by atoms with E-state index in [4.69, 9.17) is 4.74 Å². The second-order valence-electron chi connectivity index (χ2n) is 8.77. The number of methoxy groups -OCH3 is 1. The van der Waals surface area contributed by atoms with Gasteiger partial charge in [-0.15, -0.1) is 0 Å². The van der Waals surface area contributed by atoms with E-state index < -0.39 is 28.5 Å².